The minimum absolute atomic E-state index is 0.162. The molecule has 0 N–H and O–H groups in total. The number of carbonyl (C=O) groups excluding carboxylic acids is 2. The molecule has 1 aromatic carbocycles. The van der Waals surface area contributed by atoms with Gasteiger partial charge in [0.25, 0.3) is 0 Å². The van der Waals surface area contributed by atoms with Gasteiger partial charge in [-0.25, -0.2) is 0 Å². The van der Waals surface area contributed by atoms with E-state index in [1.54, 1.807) is 29.2 Å². The maximum atomic E-state index is 12.4. The molecular formula is C18H23Cl2NO3. The van der Waals surface area contributed by atoms with Crippen LogP contribution in [0.15, 0.2) is 24.3 Å². The average Bonchev–Trinajstić information content (AvgIpc) is 2.53. The molecule has 0 spiro atoms. The Morgan fingerprint density at radius 2 is 1.96 bits per heavy atom. The van der Waals surface area contributed by atoms with E-state index in [2.05, 4.69) is 18.6 Å². The number of nitrogens with zero attached hydrogens (tertiary/aromatic N) is 1. The quantitative estimate of drug-likeness (QED) is 0.501. The van der Waals surface area contributed by atoms with E-state index in [4.69, 9.17) is 23.2 Å². The lowest BCUT2D eigenvalue weighted by Crippen LogP contribution is -2.33. The molecule has 0 saturated carbocycles. The van der Waals surface area contributed by atoms with Crippen LogP contribution in [-0.2, 0) is 14.3 Å². The number of carbonyl (C=O) groups is 2. The van der Waals surface area contributed by atoms with Crippen molar-refractivity contribution in [3.63, 3.8) is 0 Å². The lowest BCUT2D eigenvalue weighted by Gasteiger charge is -2.21. The topological polar surface area (TPSA) is 46.6 Å². The molecule has 0 saturated heterocycles. The molecule has 0 heterocycles. The number of hydrogen-bond acceptors (Lipinski definition) is 3. The van der Waals surface area contributed by atoms with Gasteiger partial charge in [-0.15, -0.1) is 0 Å². The fraction of sp³-hybridized carbons (Fsp3) is 0.444. The van der Waals surface area contributed by atoms with Crippen LogP contribution in [-0.4, -0.2) is 37.0 Å². The molecule has 24 heavy (non-hydrogen) atoms. The minimum atomic E-state index is -0.331. The summed E-state index contributed by atoms with van der Waals surface area (Å²) in [7, 11) is 1.34. The summed E-state index contributed by atoms with van der Waals surface area (Å²) in [6.07, 6.45) is 4.16. The van der Waals surface area contributed by atoms with E-state index in [9.17, 15) is 9.59 Å². The molecule has 1 rings (SSSR count). The van der Waals surface area contributed by atoms with Crippen LogP contribution < -0.4 is 0 Å². The zero-order valence-electron chi connectivity index (χ0n) is 14.2. The fourth-order valence-electron chi connectivity index (χ4n) is 1.98. The number of hydrogen-bond donors (Lipinski definition) is 0. The van der Waals surface area contributed by atoms with E-state index in [1.165, 1.54) is 13.2 Å². The molecule has 0 aliphatic carbocycles. The number of benzene rings is 1. The van der Waals surface area contributed by atoms with Gasteiger partial charge in [0, 0.05) is 29.2 Å². The third-order valence-corrected chi connectivity index (χ3v) is 4.03. The van der Waals surface area contributed by atoms with Crippen LogP contribution in [0.25, 0.3) is 6.08 Å². The van der Waals surface area contributed by atoms with Gasteiger partial charge >= 0.3 is 5.97 Å². The molecule has 4 nitrogen and oxygen atoms in total. The second kappa shape index (κ2) is 10.4. The van der Waals surface area contributed by atoms with Crippen LogP contribution in [0.1, 0.15) is 32.3 Å². The number of amides is 1. The van der Waals surface area contributed by atoms with Crippen LogP contribution in [0, 0.1) is 5.92 Å². The zero-order valence-corrected chi connectivity index (χ0v) is 15.7. The normalized spacial score (nSPS) is 11.1. The highest BCUT2D eigenvalue weighted by molar-refractivity contribution is 6.35. The Hall–Kier alpha value is -1.52. The van der Waals surface area contributed by atoms with E-state index in [0.29, 0.717) is 34.6 Å². The van der Waals surface area contributed by atoms with E-state index < -0.39 is 0 Å². The maximum absolute atomic E-state index is 12.4. The molecule has 6 heteroatoms. The molecule has 1 aromatic rings. The van der Waals surface area contributed by atoms with Gasteiger partial charge in [0.15, 0.2) is 0 Å². The fourth-order valence-corrected chi connectivity index (χ4v) is 2.45. The summed E-state index contributed by atoms with van der Waals surface area (Å²) in [4.78, 5) is 25.4. The van der Waals surface area contributed by atoms with Gasteiger partial charge in [0.05, 0.1) is 13.5 Å². The Balaban J connectivity index is 2.77. The molecule has 0 radical (unpaired) electrons. The Labute approximate surface area is 153 Å². The van der Waals surface area contributed by atoms with Crippen molar-refractivity contribution in [1.82, 2.24) is 4.90 Å². The van der Waals surface area contributed by atoms with E-state index >= 15 is 0 Å². The summed E-state index contributed by atoms with van der Waals surface area (Å²) in [5.41, 5.74) is 0.714. The van der Waals surface area contributed by atoms with Crippen molar-refractivity contribution in [2.45, 2.75) is 26.7 Å². The Kier molecular flexibility index (Phi) is 8.87. The largest absolute Gasteiger partial charge is 0.469 e. The zero-order chi connectivity index (χ0) is 18.1. The van der Waals surface area contributed by atoms with Crippen molar-refractivity contribution in [3.8, 4) is 0 Å². The predicted octanol–water partition coefficient (Wildman–Crippen LogP) is 4.44. The second-order valence-electron chi connectivity index (χ2n) is 5.83. The molecular weight excluding hydrogens is 349 g/mol. The lowest BCUT2D eigenvalue weighted by molar-refractivity contribution is -0.141. The molecule has 0 bridgehead atoms. The van der Waals surface area contributed by atoms with Crippen molar-refractivity contribution in [1.29, 1.82) is 0 Å². The van der Waals surface area contributed by atoms with Gasteiger partial charge in [0.2, 0.25) is 5.91 Å². The first-order valence-corrected chi connectivity index (χ1v) is 8.58. The van der Waals surface area contributed by atoms with Crippen molar-refractivity contribution in [2.75, 3.05) is 20.2 Å². The van der Waals surface area contributed by atoms with Crippen molar-refractivity contribution >= 4 is 41.2 Å². The first-order chi connectivity index (χ1) is 11.3. The first-order valence-electron chi connectivity index (χ1n) is 7.82. The molecule has 0 unspecified atom stereocenters. The molecule has 0 fully saturated rings. The third-order valence-electron chi connectivity index (χ3n) is 3.47. The number of ether oxygens (including phenoxy) is 1. The molecule has 0 aromatic heterocycles. The summed E-state index contributed by atoms with van der Waals surface area (Å²) in [6.45, 7) is 5.10. The Bertz CT molecular complexity index is 600. The Morgan fingerprint density at radius 1 is 1.25 bits per heavy atom. The van der Waals surface area contributed by atoms with Gasteiger partial charge in [-0.05, 0) is 36.1 Å². The smallest absolute Gasteiger partial charge is 0.307 e. The maximum Gasteiger partial charge on any atom is 0.307 e. The van der Waals surface area contributed by atoms with E-state index in [1.807, 2.05) is 0 Å². The number of halogens is 2. The summed E-state index contributed by atoms with van der Waals surface area (Å²) < 4.78 is 4.64. The summed E-state index contributed by atoms with van der Waals surface area (Å²) in [5.74, 6) is -0.0271. The van der Waals surface area contributed by atoms with Gasteiger partial charge in [-0.2, -0.15) is 0 Å². The van der Waals surface area contributed by atoms with E-state index in [-0.39, 0.29) is 18.3 Å². The van der Waals surface area contributed by atoms with Crippen molar-refractivity contribution in [3.05, 3.63) is 39.9 Å². The molecule has 132 valence electrons. The highest BCUT2D eigenvalue weighted by Gasteiger charge is 2.13. The van der Waals surface area contributed by atoms with Gasteiger partial charge in [-0.3, -0.25) is 9.59 Å². The lowest BCUT2D eigenvalue weighted by atomic mass is 10.1. The highest BCUT2D eigenvalue weighted by Crippen LogP contribution is 2.22. The van der Waals surface area contributed by atoms with E-state index in [0.717, 1.165) is 6.42 Å². The number of rotatable bonds is 8. The standard InChI is InChI=1S/C18H23Cl2NO3/c1-13(2)8-10-21(11-9-18(23)24-3)17(22)7-5-14-4-6-15(19)12-16(14)20/h4-7,12-13H,8-11H2,1-3H3/b7-5+. The van der Waals surface area contributed by atoms with Gasteiger partial charge < -0.3 is 9.64 Å². The predicted molar refractivity (Wildman–Crippen MR) is 98.2 cm³/mol. The SMILES string of the molecule is COC(=O)CCN(CCC(C)C)C(=O)/C=C/c1ccc(Cl)cc1Cl. The highest BCUT2D eigenvalue weighted by atomic mass is 35.5. The minimum Gasteiger partial charge on any atom is -0.469 e. The molecule has 0 atom stereocenters. The summed E-state index contributed by atoms with van der Waals surface area (Å²) in [6, 6.07) is 5.09. The van der Waals surface area contributed by atoms with Gasteiger partial charge in [-0.1, -0.05) is 43.1 Å². The van der Waals surface area contributed by atoms with Gasteiger partial charge in [0.1, 0.15) is 0 Å². The number of esters is 1. The Morgan fingerprint density at radius 3 is 2.54 bits per heavy atom. The molecule has 0 aliphatic heterocycles. The monoisotopic (exact) mass is 371 g/mol. The van der Waals surface area contributed by atoms with Crippen molar-refractivity contribution < 1.29 is 14.3 Å². The second-order valence-corrected chi connectivity index (χ2v) is 6.68. The van der Waals surface area contributed by atoms with Crippen LogP contribution in [0.5, 0.6) is 0 Å². The summed E-state index contributed by atoms with van der Waals surface area (Å²) in [5, 5.41) is 1.02. The average molecular weight is 372 g/mol. The van der Waals surface area contributed by atoms with Crippen molar-refractivity contribution in [2.24, 2.45) is 5.92 Å². The van der Waals surface area contributed by atoms with Crippen LogP contribution in [0.4, 0.5) is 0 Å². The van der Waals surface area contributed by atoms with Crippen LogP contribution in [0.3, 0.4) is 0 Å². The first kappa shape index (κ1) is 20.5. The third kappa shape index (κ3) is 7.37. The number of methoxy groups -OCH3 is 1. The molecule has 0 aliphatic rings. The molecule has 1 amide bonds. The summed E-state index contributed by atoms with van der Waals surface area (Å²) >= 11 is 12.0. The van der Waals surface area contributed by atoms with Crippen LogP contribution in [0.2, 0.25) is 10.0 Å². The van der Waals surface area contributed by atoms with Crippen LogP contribution >= 0.6 is 23.2 Å².